The third-order valence-electron chi connectivity index (χ3n) is 4.07. The van der Waals surface area contributed by atoms with Gasteiger partial charge in [-0.25, -0.2) is 8.42 Å². The van der Waals surface area contributed by atoms with Gasteiger partial charge >= 0.3 is 0 Å². The van der Waals surface area contributed by atoms with Gasteiger partial charge in [-0.2, -0.15) is 4.31 Å². The Morgan fingerprint density at radius 3 is 2.50 bits per heavy atom. The van der Waals surface area contributed by atoms with Gasteiger partial charge in [-0.1, -0.05) is 12.8 Å². The minimum absolute atomic E-state index is 0.0514. The molecule has 2 aliphatic heterocycles. The number of aliphatic hydroxyl groups excluding tert-OH is 1. The molecule has 0 radical (unpaired) electrons. The summed E-state index contributed by atoms with van der Waals surface area (Å²) < 4.78 is 26.9. The quantitative estimate of drug-likeness (QED) is 0.778. The van der Waals surface area contributed by atoms with Crippen molar-refractivity contribution in [2.45, 2.75) is 49.8 Å². The third kappa shape index (κ3) is 3.04. The second-order valence-electron chi connectivity index (χ2n) is 5.29. The van der Waals surface area contributed by atoms with Crippen LogP contribution < -0.4 is 5.32 Å². The van der Waals surface area contributed by atoms with E-state index in [-0.39, 0.29) is 17.9 Å². The fraction of sp³-hybridized carbons (Fsp3) is 1.00. The highest BCUT2D eigenvalue weighted by atomic mass is 32.2. The number of piperidine rings is 1. The Morgan fingerprint density at radius 1 is 1.11 bits per heavy atom. The van der Waals surface area contributed by atoms with E-state index in [4.69, 9.17) is 0 Å². The van der Waals surface area contributed by atoms with E-state index in [0.29, 0.717) is 19.4 Å². The predicted molar refractivity (Wildman–Crippen MR) is 70.9 cm³/mol. The number of rotatable bonds is 3. The maximum atomic E-state index is 12.6. The molecule has 0 aromatic heterocycles. The summed E-state index contributed by atoms with van der Waals surface area (Å²) >= 11 is 0. The standard InChI is InChI=1S/C12H24N2O3S/c15-10-11-4-2-1-3-9-14(11)18(16,17)12-5-7-13-8-6-12/h11-13,15H,1-10H2. The van der Waals surface area contributed by atoms with Gasteiger partial charge in [0.15, 0.2) is 0 Å². The summed E-state index contributed by atoms with van der Waals surface area (Å²) in [6.07, 6.45) is 5.17. The zero-order valence-corrected chi connectivity index (χ0v) is 11.7. The minimum atomic E-state index is -3.24. The summed E-state index contributed by atoms with van der Waals surface area (Å²) in [6.45, 7) is 2.09. The Balaban J connectivity index is 2.14. The fourth-order valence-corrected chi connectivity index (χ4v) is 5.14. The first-order chi connectivity index (χ1) is 8.66. The molecule has 2 heterocycles. The number of hydrogen-bond acceptors (Lipinski definition) is 4. The van der Waals surface area contributed by atoms with Crippen molar-refractivity contribution in [3.8, 4) is 0 Å². The summed E-state index contributed by atoms with van der Waals surface area (Å²) in [4.78, 5) is 0. The van der Waals surface area contributed by atoms with Crippen molar-refractivity contribution in [3.63, 3.8) is 0 Å². The highest BCUT2D eigenvalue weighted by Gasteiger charge is 2.37. The molecule has 0 spiro atoms. The first-order valence-corrected chi connectivity index (χ1v) is 8.49. The van der Waals surface area contributed by atoms with Gasteiger partial charge in [0.2, 0.25) is 10.0 Å². The van der Waals surface area contributed by atoms with Crippen LogP contribution in [0.2, 0.25) is 0 Å². The molecule has 0 aliphatic carbocycles. The summed E-state index contributed by atoms with van der Waals surface area (Å²) in [5.41, 5.74) is 0. The van der Waals surface area contributed by atoms with Crippen LogP contribution in [0.5, 0.6) is 0 Å². The molecular formula is C12H24N2O3S. The Labute approximate surface area is 110 Å². The SMILES string of the molecule is O=S(=O)(C1CCNCC1)N1CCCCCC1CO. The number of nitrogens with zero attached hydrogens (tertiary/aromatic N) is 1. The number of nitrogens with one attached hydrogen (secondary N) is 1. The van der Waals surface area contributed by atoms with Gasteiger partial charge in [-0.05, 0) is 38.8 Å². The molecule has 2 fully saturated rings. The van der Waals surface area contributed by atoms with Crippen molar-refractivity contribution in [1.29, 1.82) is 0 Å². The lowest BCUT2D eigenvalue weighted by atomic mass is 10.1. The van der Waals surface area contributed by atoms with Crippen LogP contribution in [0.1, 0.15) is 38.5 Å². The van der Waals surface area contributed by atoms with Gasteiger partial charge < -0.3 is 10.4 Å². The maximum Gasteiger partial charge on any atom is 0.217 e. The van der Waals surface area contributed by atoms with Crippen molar-refractivity contribution in [3.05, 3.63) is 0 Å². The Morgan fingerprint density at radius 2 is 1.83 bits per heavy atom. The second kappa shape index (κ2) is 6.32. The van der Waals surface area contributed by atoms with E-state index in [1.54, 1.807) is 4.31 Å². The Bertz CT molecular complexity index is 352. The van der Waals surface area contributed by atoms with Crippen LogP contribution in [0.25, 0.3) is 0 Å². The van der Waals surface area contributed by atoms with E-state index in [9.17, 15) is 13.5 Å². The number of aliphatic hydroxyl groups is 1. The average molecular weight is 276 g/mol. The monoisotopic (exact) mass is 276 g/mol. The van der Waals surface area contributed by atoms with E-state index >= 15 is 0 Å². The molecule has 2 saturated heterocycles. The van der Waals surface area contributed by atoms with Gasteiger partial charge in [-0.15, -0.1) is 0 Å². The summed E-state index contributed by atoms with van der Waals surface area (Å²) in [6, 6.07) is -0.201. The van der Waals surface area contributed by atoms with Crippen molar-refractivity contribution in [2.75, 3.05) is 26.2 Å². The van der Waals surface area contributed by atoms with Gasteiger partial charge in [0.1, 0.15) is 0 Å². The number of sulfonamides is 1. The molecule has 18 heavy (non-hydrogen) atoms. The normalized spacial score (nSPS) is 29.1. The van der Waals surface area contributed by atoms with Gasteiger partial charge in [0, 0.05) is 12.6 Å². The topological polar surface area (TPSA) is 69.6 Å². The van der Waals surface area contributed by atoms with Gasteiger partial charge in [-0.3, -0.25) is 0 Å². The van der Waals surface area contributed by atoms with Gasteiger partial charge in [0.25, 0.3) is 0 Å². The molecule has 0 aromatic carbocycles. The third-order valence-corrected chi connectivity index (χ3v) is 6.52. The molecule has 106 valence electrons. The molecule has 2 rings (SSSR count). The Kier molecular flexibility index (Phi) is 5.00. The van der Waals surface area contributed by atoms with E-state index in [1.807, 2.05) is 0 Å². The molecule has 1 atom stereocenters. The second-order valence-corrected chi connectivity index (χ2v) is 7.46. The van der Waals surface area contributed by atoms with E-state index in [1.165, 1.54) is 0 Å². The van der Waals surface area contributed by atoms with Crippen LogP contribution in [0.3, 0.4) is 0 Å². The van der Waals surface area contributed by atoms with Crippen LogP contribution in [-0.4, -0.2) is 55.4 Å². The smallest absolute Gasteiger partial charge is 0.217 e. The maximum absolute atomic E-state index is 12.6. The van der Waals surface area contributed by atoms with E-state index in [0.717, 1.165) is 38.8 Å². The predicted octanol–water partition coefficient (Wildman–Crippen LogP) is 0.305. The number of hydrogen-bond donors (Lipinski definition) is 2. The lowest BCUT2D eigenvalue weighted by Gasteiger charge is -2.33. The fourth-order valence-electron chi connectivity index (χ4n) is 2.95. The molecule has 2 aliphatic rings. The lowest BCUT2D eigenvalue weighted by Crippen LogP contribution is -2.49. The molecule has 5 nitrogen and oxygen atoms in total. The van der Waals surface area contributed by atoms with Gasteiger partial charge in [0.05, 0.1) is 11.9 Å². The zero-order valence-electron chi connectivity index (χ0n) is 10.8. The molecule has 6 heteroatoms. The van der Waals surface area contributed by atoms with Crippen LogP contribution in [0, 0.1) is 0 Å². The highest BCUT2D eigenvalue weighted by Crippen LogP contribution is 2.25. The largest absolute Gasteiger partial charge is 0.395 e. The molecule has 1 unspecified atom stereocenters. The molecule has 0 bridgehead atoms. The minimum Gasteiger partial charge on any atom is -0.395 e. The molecule has 2 N–H and O–H groups in total. The summed E-state index contributed by atoms with van der Waals surface area (Å²) in [5, 5.41) is 12.4. The first-order valence-electron chi connectivity index (χ1n) is 6.98. The molecule has 0 amide bonds. The van der Waals surface area contributed by atoms with Crippen molar-refractivity contribution >= 4 is 10.0 Å². The molecular weight excluding hydrogens is 252 g/mol. The first kappa shape index (κ1) is 14.2. The van der Waals surface area contributed by atoms with E-state index < -0.39 is 10.0 Å². The summed E-state index contributed by atoms with van der Waals surface area (Å²) in [7, 11) is -3.24. The van der Waals surface area contributed by atoms with Crippen molar-refractivity contribution in [2.24, 2.45) is 0 Å². The van der Waals surface area contributed by atoms with Crippen LogP contribution in [0.15, 0.2) is 0 Å². The van der Waals surface area contributed by atoms with E-state index in [2.05, 4.69) is 5.32 Å². The molecule has 0 saturated carbocycles. The van der Waals surface area contributed by atoms with Crippen molar-refractivity contribution < 1.29 is 13.5 Å². The van der Waals surface area contributed by atoms with Crippen LogP contribution in [0.4, 0.5) is 0 Å². The van der Waals surface area contributed by atoms with Crippen LogP contribution in [-0.2, 0) is 10.0 Å². The lowest BCUT2D eigenvalue weighted by molar-refractivity contribution is 0.185. The van der Waals surface area contributed by atoms with Crippen molar-refractivity contribution in [1.82, 2.24) is 9.62 Å². The Hall–Kier alpha value is -0.170. The zero-order chi connectivity index (χ0) is 13.0. The summed E-state index contributed by atoms with van der Waals surface area (Å²) in [5.74, 6) is 0. The average Bonchev–Trinajstić information content (AvgIpc) is 2.65. The van der Waals surface area contributed by atoms with Crippen LogP contribution >= 0.6 is 0 Å². The highest BCUT2D eigenvalue weighted by molar-refractivity contribution is 7.89. The molecule has 0 aromatic rings.